The van der Waals surface area contributed by atoms with Gasteiger partial charge in [-0.25, -0.2) is 4.98 Å². The highest BCUT2D eigenvalue weighted by molar-refractivity contribution is 5.86. The molecule has 4 atom stereocenters. The number of carbonyl (C=O) groups excluding carboxylic acids is 2. The van der Waals surface area contributed by atoms with Gasteiger partial charge in [0.05, 0.1) is 29.5 Å². The van der Waals surface area contributed by atoms with Gasteiger partial charge < -0.3 is 14.2 Å². The van der Waals surface area contributed by atoms with E-state index < -0.39 is 0 Å². The van der Waals surface area contributed by atoms with Crippen LogP contribution in [0.3, 0.4) is 0 Å². The second-order valence-electron chi connectivity index (χ2n) is 13.6. The molecule has 0 spiro atoms. The molecule has 4 aliphatic heterocycles. The zero-order chi connectivity index (χ0) is 29.6. The molecule has 228 valence electrons. The van der Waals surface area contributed by atoms with Gasteiger partial charge in [0.1, 0.15) is 5.82 Å². The molecule has 0 radical (unpaired) electrons. The summed E-state index contributed by atoms with van der Waals surface area (Å²) in [5, 5.41) is 0. The zero-order valence-corrected chi connectivity index (χ0v) is 25.8. The minimum atomic E-state index is -0.277. The van der Waals surface area contributed by atoms with E-state index in [0.29, 0.717) is 37.6 Å². The predicted molar refractivity (Wildman–Crippen MR) is 168 cm³/mol. The van der Waals surface area contributed by atoms with Gasteiger partial charge in [0, 0.05) is 31.2 Å². The first-order valence-electron chi connectivity index (χ1n) is 16.7. The van der Waals surface area contributed by atoms with E-state index >= 15 is 0 Å². The van der Waals surface area contributed by atoms with Crippen LogP contribution in [0.2, 0.25) is 0 Å². The van der Waals surface area contributed by atoms with Gasteiger partial charge in [-0.3, -0.25) is 14.5 Å². The Bertz CT molecular complexity index is 1450. The number of esters is 1. The van der Waals surface area contributed by atoms with Gasteiger partial charge in [-0.2, -0.15) is 0 Å². The van der Waals surface area contributed by atoms with Gasteiger partial charge in [0.25, 0.3) is 0 Å². The van der Waals surface area contributed by atoms with Crippen molar-refractivity contribution in [3.05, 3.63) is 66.0 Å². The molecule has 1 amide bonds. The number of piperidine rings is 2. The zero-order valence-electron chi connectivity index (χ0n) is 25.8. The number of ether oxygens (including phenoxy) is 1. The van der Waals surface area contributed by atoms with Gasteiger partial charge in [0.2, 0.25) is 5.91 Å². The summed E-state index contributed by atoms with van der Waals surface area (Å²) in [4.78, 5) is 35.7. The number of para-hydroxylation sites is 2. The molecule has 0 aliphatic carbocycles. The molecule has 4 aliphatic rings. The van der Waals surface area contributed by atoms with E-state index in [9.17, 15) is 9.59 Å². The van der Waals surface area contributed by atoms with Crippen LogP contribution in [0, 0.1) is 18.8 Å². The van der Waals surface area contributed by atoms with Gasteiger partial charge in [-0.05, 0) is 94.4 Å². The molecule has 3 aromatic rings. The van der Waals surface area contributed by atoms with Crippen molar-refractivity contribution in [1.29, 1.82) is 0 Å². The second kappa shape index (κ2) is 11.7. The fourth-order valence-corrected chi connectivity index (χ4v) is 9.16. The standard InChI is InChI=1S/C36H46N4O3/c1-3-30(31-15-22-43-35(31)42)34(41)38-19-16-36(17-20-38,26-9-5-4-6-10-26)18-21-39-27-13-14-28(39)24-29(23-27)40-25(2)37-32-11-7-8-12-33(32)40/h4-12,27-31H,3,13-24H2,1-2H3. The van der Waals surface area contributed by atoms with Crippen LogP contribution in [0.5, 0.6) is 0 Å². The molecule has 4 fully saturated rings. The third-order valence-electron chi connectivity index (χ3n) is 11.5. The van der Waals surface area contributed by atoms with Crippen LogP contribution in [0.25, 0.3) is 11.0 Å². The Kier molecular flexibility index (Phi) is 7.79. The largest absolute Gasteiger partial charge is 0.465 e. The van der Waals surface area contributed by atoms with Gasteiger partial charge in [0.15, 0.2) is 0 Å². The van der Waals surface area contributed by atoms with Gasteiger partial charge in [-0.1, -0.05) is 49.4 Å². The minimum Gasteiger partial charge on any atom is -0.465 e. The lowest BCUT2D eigenvalue weighted by molar-refractivity contribution is -0.149. The van der Waals surface area contributed by atoms with Crippen molar-refractivity contribution in [1.82, 2.24) is 19.4 Å². The van der Waals surface area contributed by atoms with Crippen molar-refractivity contribution >= 4 is 22.9 Å². The molecule has 7 rings (SSSR count). The fourth-order valence-electron chi connectivity index (χ4n) is 9.16. The summed E-state index contributed by atoms with van der Waals surface area (Å²) in [5.41, 5.74) is 3.87. The molecular weight excluding hydrogens is 536 g/mol. The average molecular weight is 583 g/mol. The van der Waals surface area contributed by atoms with E-state index in [1.165, 1.54) is 36.8 Å². The highest BCUT2D eigenvalue weighted by Crippen LogP contribution is 2.45. The molecule has 0 N–H and O–H groups in total. The summed E-state index contributed by atoms with van der Waals surface area (Å²) in [6.07, 6.45) is 9.38. The molecule has 4 unspecified atom stereocenters. The number of rotatable bonds is 8. The van der Waals surface area contributed by atoms with Crippen LogP contribution in [0.1, 0.15) is 82.1 Å². The van der Waals surface area contributed by atoms with Crippen LogP contribution in [-0.2, 0) is 19.7 Å². The fraction of sp³-hybridized carbons (Fsp3) is 0.583. The molecule has 4 saturated heterocycles. The smallest absolute Gasteiger partial charge is 0.309 e. The Balaban J connectivity index is 1.05. The first-order valence-corrected chi connectivity index (χ1v) is 16.7. The average Bonchev–Trinajstić information content (AvgIpc) is 3.68. The summed E-state index contributed by atoms with van der Waals surface area (Å²) >= 11 is 0. The molecular formula is C36H46N4O3. The molecule has 5 heterocycles. The predicted octanol–water partition coefficient (Wildman–Crippen LogP) is 6.05. The molecule has 0 saturated carbocycles. The number of hydrogen-bond acceptors (Lipinski definition) is 5. The normalized spacial score (nSPS) is 27.9. The number of carbonyl (C=O) groups is 2. The van der Waals surface area contributed by atoms with Crippen molar-refractivity contribution in [2.24, 2.45) is 11.8 Å². The number of aryl methyl sites for hydroxylation is 1. The van der Waals surface area contributed by atoms with Crippen LogP contribution in [-0.4, -0.2) is 69.6 Å². The Labute approximate surface area is 255 Å². The number of amides is 1. The summed E-state index contributed by atoms with van der Waals surface area (Å²) in [7, 11) is 0. The molecule has 7 nitrogen and oxygen atoms in total. The van der Waals surface area contributed by atoms with Crippen LogP contribution in [0.4, 0.5) is 0 Å². The topological polar surface area (TPSA) is 67.7 Å². The lowest BCUT2D eigenvalue weighted by Gasteiger charge is -2.46. The van der Waals surface area contributed by atoms with Crippen molar-refractivity contribution in [2.45, 2.75) is 95.2 Å². The summed E-state index contributed by atoms with van der Waals surface area (Å²) in [5.74, 6) is 0.563. The summed E-state index contributed by atoms with van der Waals surface area (Å²) in [6, 6.07) is 21.4. The maximum atomic E-state index is 13.6. The number of imidazole rings is 1. The maximum absolute atomic E-state index is 13.6. The van der Waals surface area contributed by atoms with Gasteiger partial charge >= 0.3 is 5.97 Å². The van der Waals surface area contributed by atoms with E-state index in [4.69, 9.17) is 9.72 Å². The van der Waals surface area contributed by atoms with E-state index in [2.05, 4.69) is 71.0 Å². The number of nitrogens with zero attached hydrogens (tertiary/aromatic N) is 4. The molecule has 2 aromatic carbocycles. The summed E-state index contributed by atoms with van der Waals surface area (Å²) < 4.78 is 7.74. The molecule has 7 heteroatoms. The number of benzene rings is 2. The lowest BCUT2D eigenvalue weighted by atomic mass is 9.70. The maximum Gasteiger partial charge on any atom is 0.309 e. The number of cyclic esters (lactones) is 1. The highest BCUT2D eigenvalue weighted by Gasteiger charge is 2.45. The van der Waals surface area contributed by atoms with Gasteiger partial charge in [-0.15, -0.1) is 0 Å². The van der Waals surface area contributed by atoms with Crippen molar-refractivity contribution in [3.63, 3.8) is 0 Å². The van der Waals surface area contributed by atoms with E-state index in [1.54, 1.807) is 0 Å². The SMILES string of the molecule is CCC(C(=O)N1CCC(CCN2C3CCC2CC(n2c(C)nc4ccccc42)C3)(c2ccccc2)CC1)C1CCOC1=O. The lowest BCUT2D eigenvalue weighted by Crippen LogP contribution is -2.50. The molecule has 43 heavy (non-hydrogen) atoms. The Hall–Kier alpha value is -3.19. The van der Waals surface area contributed by atoms with E-state index in [0.717, 1.165) is 50.2 Å². The Morgan fingerprint density at radius 2 is 1.67 bits per heavy atom. The number of hydrogen-bond donors (Lipinski definition) is 0. The minimum absolute atomic E-state index is 0.0689. The third kappa shape index (κ3) is 5.17. The van der Waals surface area contributed by atoms with Crippen LogP contribution in [0.15, 0.2) is 54.6 Å². The number of fused-ring (bicyclic) bond motifs is 3. The molecule has 1 aromatic heterocycles. The highest BCUT2D eigenvalue weighted by atomic mass is 16.5. The quantitative estimate of drug-likeness (QED) is 0.303. The van der Waals surface area contributed by atoms with E-state index in [-0.39, 0.29) is 29.1 Å². The number of aromatic nitrogens is 2. The Morgan fingerprint density at radius 3 is 2.35 bits per heavy atom. The van der Waals surface area contributed by atoms with Crippen molar-refractivity contribution in [2.75, 3.05) is 26.2 Å². The third-order valence-corrected chi connectivity index (χ3v) is 11.5. The second-order valence-corrected chi connectivity index (χ2v) is 13.6. The summed E-state index contributed by atoms with van der Waals surface area (Å²) in [6.45, 7) is 7.27. The van der Waals surface area contributed by atoms with E-state index in [1.807, 2.05) is 11.8 Å². The van der Waals surface area contributed by atoms with Crippen molar-refractivity contribution in [3.8, 4) is 0 Å². The number of likely N-dealkylation sites (tertiary alicyclic amines) is 1. The van der Waals surface area contributed by atoms with Crippen LogP contribution < -0.4 is 0 Å². The first-order chi connectivity index (χ1) is 21.0. The van der Waals surface area contributed by atoms with Crippen molar-refractivity contribution < 1.29 is 14.3 Å². The Morgan fingerprint density at radius 1 is 0.977 bits per heavy atom. The van der Waals surface area contributed by atoms with Crippen LogP contribution >= 0.6 is 0 Å². The molecule has 2 bridgehead atoms. The monoisotopic (exact) mass is 582 g/mol. The first kappa shape index (κ1) is 28.6.